The van der Waals surface area contributed by atoms with Crippen LogP contribution in [0.3, 0.4) is 0 Å². The Labute approximate surface area is 181 Å². The predicted octanol–water partition coefficient (Wildman–Crippen LogP) is -0.442. The minimum absolute atomic E-state index is 0.0912. The van der Waals surface area contributed by atoms with E-state index in [9.17, 15) is 28.8 Å². The summed E-state index contributed by atoms with van der Waals surface area (Å²) in [7, 11) is -2.99. The summed E-state index contributed by atoms with van der Waals surface area (Å²) in [6.45, 7) is -0.161. The maximum Gasteiger partial charge on any atom is 0.147 e. The Morgan fingerprint density at radius 3 is 2.45 bits per heavy atom. The highest BCUT2D eigenvalue weighted by Gasteiger charge is 2.46. The highest BCUT2D eigenvalue weighted by molar-refractivity contribution is 7.90. The second kappa shape index (κ2) is 10.3. The summed E-state index contributed by atoms with van der Waals surface area (Å²) in [4.78, 5) is 0. The van der Waals surface area contributed by atoms with Gasteiger partial charge in [0.05, 0.1) is 19.0 Å². The molecule has 2 aliphatic rings. The van der Waals surface area contributed by atoms with Crippen molar-refractivity contribution < 1.29 is 43.1 Å². The van der Waals surface area contributed by atoms with Crippen molar-refractivity contribution in [1.82, 2.24) is 0 Å². The number of rotatable bonds is 9. The number of benzene rings is 1. The third kappa shape index (κ3) is 6.41. The van der Waals surface area contributed by atoms with Crippen molar-refractivity contribution in [1.29, 1.82) is 0 Å². The third-order valence-corrected chi connectivity index (χ3v) is 6.40. The molecular formula is C21H30O9S. The van der Waals surface area contributed by atoms with E-state index in [2.05, 4.69) is 0 Å². The van der Waals surface area contributed by atoms with E-state index in [1.807, 2.05) is 24.3 Å². The fourth-order valence-electron chi connectivity index (χ4n) is 3.68. The van der Waals surface area contributed by atoms with E-state index in [0.717, 1.165) is 5.56 Å². The van der Waals surface area contributed by atoms with Crippen LogP contribution < -0.4 is 4.74 Å². The molecule has 0 radical (unpaired) electrons. The van der Waals surface area contributed by atoms with E-state index >= 15 is 0 Å². The van der Waals surface area contributed by atoms with E-state index in [1.165, 1.54) is 6.26 Å². The Hall–Kier alpha value is -1.69. The van der Waals surface area contributed by atoms with Crippen LogP contribution in [0.5, 0.6) is 5.75 Å². The summed E-state index contributed by atoms with van der Waals surface area (Å²) < 4.78 is 39.3. The predicted molar refractivity (Wildman–Crippen MR) is 111 cm³/mol. The van der Waals surface area contributed by atoms with Gasteiger partial charge in [0, 0.05) is 19.1 Å². The molecule has 10 heteroatoms. The average molecular weight is 459 g/mol. The average Bonchev–Trinajstić information content (AvgIpc) is 3.18. The molecule has 1 unspecified atom stereocenters. The van der Waals surface area contributed by atoms with Crippen molar-refractivity contribution in [3.8, 4) is 5.75 Å². The smallest absolute Gasteiger partial charge is 0.147 e. The van der Waals surface area contributed by atoms with Crippen LogP contribution >= 0.6 is 0 Å². The largest absolute Gasteiger partial charge is 0.494 e. The molecule has 31 heavy (non-hydrogen) atoms. The molecule has 4 N–H and O–H groups in total. The van der Waals surface area contributed by atoms with Crippen molar-refractivity contribution in [2.45, 2.75) is 55.9 Å². The Morgan fingerprint density at radius 1 is 1.10 bits per heavy atom. The molecule has 0 amide bonds. The molecule has 1 saturated heterocycles. The maximum absolute atomic E-state index is 11.1. The lowest BCUT2D eigenvalue weighted by Gasteiger charge is -2.40. The van der Waals surface area contributed by atoms with Gasteiger partial charge in [-0.15, -0.1) is 0 Å². The SMILES string of the molecule is CS(=O)(=O)CCCOc1ccc(CC2CC=C([C@H]3O[C@@H](CO)[C@@H](O)[C@@H](O)[C@H]3O)O2)cc1. The lowest BCUT2D eigenvalue weighted by molar-refractivity contribution is -0.227. The first-order valence-electron chi connectivity index (χ1n) is 10.2. The summed E-state index contributed by atoms with van der Waals surface area (Å²) in [6, 6.07) is 7.44. The molecule has 0 bridgehead atoms. The van der Waals surface area contributed by atoms with Crippen molar-refractivity contribution in [2.75, 3.05) is 25.2 Å². The Bertz CT molecular complexity index is 850. The quantitative estimate of drug-likeness (QED) is 0.362. The van der Waals surface area contributed by atoms with Crippen molar-refractivity contribution in [2.24, 2.45) is 0 Å². The van der Waals surface area contributed by atoms with Gasteiger partial charge in [0.15, 0.2) is 0 Å². The zero-order chi connectivity index (χ0) is 22.6. The van der Waals surface area contributed by atoms with Gasteiger partial charge in [-0.2, -0.15) is 0 Å². The van der Waals surface area contributed by atoms with Crippen LogP contribution in [-0.2, 0) is 25.7 Å². The molecule has 3 rings (SSSR count). The van der Waals surface area contributed by atoms with E-state index in [0.29, 0.717) is 37.4 Å². The van der Waals surface area contributed by atoms with Gasteiger partial charge >= 0.3 is 0 Å². The molecule has 6 atom stereocenters. The van der Waals surface area contributed by atoms with E-state index in [-0.39, 0.29) is 11.9 Å². The van der Waals surface area contributed by atoms with Crippen LogP contribution in [0.2, 0.25) is 0 Å². The monoisotopic (exact) mass is 458 g/mol. The minimum atomic E-state index is -2.99. The zero-order valence-corrected chi connectivity index (χ0v) is 18.1. The summed E-state index contributed by atoms with van der Waals surface area (Å²) >= 11 is 0. The second-order valence-corrected chi connectivity index (χ2v) is 10.3. The summed E-state index contributed by atoms with van der Waals surface area (Å²) in [5, 5.41) is 39.4. The maximum atomic E-state index is 11.1. The molecule has 1 fully saturated rings. The lowest BCUT2D eigenvalue weighted by Crippen LogP contribution is -2.59. The van der Waals surface area contributed by atoms with Crippen LogP contribution in [0.1, 0.15) is 18.4 Å². The number of hydrogen-bond acceptors (Lipinski definition) is 9. The van der Waals surface area contributed by atoms with Gasteiger partial charge in [-0.05, 0) is 30.2 Å². The normalized spacial score (nSPS) is 31.2. The van der Waals surface area contributed by atoms with Gasteiger partial charge in [0.25, 0.3) is 0 Å². The number of hydrogen-bond donors (Lipinski definition) is 4. The highest BCUT2D eigenvalue weighted by atomic mass is 32.2. The molecule has 0 aromatic heterocycles. The molecule has 1 aromatic rings. The van der Waals surface area contributed by atoms with E-state index in [4.69, 9.17) is 14.2 Å². The van der Waals surface area contributed by atoms with E-state index in [1.54, 1.807) is 6.08 Å². The Balaban J connectivity index is 1.48. The summed E-state index contributed by atoms with van der Waals surface area (Å²) in [5.74, 6) is 1.13. The first-order valence-corrected chi connectivity index (χ1v) is 12.3. The lowest BCUT2D eigenvalue weighted by atomic mass is 9.94. The molecule has 0 aliphatic carbocycles. The molecule has 9 nitrogen and oxygen atoms in total. The summed E-state index contributed by atoms with van der Waals surface area (Å²) in [5.41, 5.74) is 1.01. The van der Waals surface area contributed by atoms with Gasteiger partial charge in [0.2, 0.25) is 0 Å². The van der Waals surface area contributed by atoms with Crippen LogP contribution in [0.15, 0.2) is 36.1 Å². The fraction of sp³-hybridized carbons (Fsp3) is 0.619. The molecular weight excluding hydrogens is 428 g/mol. The number of aliphatic hydroxyl groups is 4. The topological polar surface area (TPSA) is 143 Å². The van der Waals surface area contributed by atoms with E-state index < -0.39 is 47.0 Å². The molecule has 2 heterocycles. The minimum Gasteiger partial charge on any atom is -0.494 e. The molecule has 0 saturated carbocycles. The van der Waals surface area contributed by atoms with Gasteiger partial charge in [-0.25, -0.2) is 8.42 Å². The highest BCUT2D eigenvalue weighted by Crippen LogP contribution is 2.31. The molecule has 174 valence electrons. The fourth-order valence-corrected chi connectivity index (χ4v) is 4.32. The Kier molecular flexibility index (Phi) is 7.95. The molecule has 1 aromatic carbocycles. The van der Waals surface area contributed by atoms with Crippen molar-refractivity contribution in [3.63, 3.8) is 0 Å². The number of ether oxygens (including phenoxy) is 3. The summed E-state index contributed by atoms with van der Waals surface area (Å²) in [6.07, 6.45) is -1.69. The van der Waals surface area contributed by atoms with Crippen LogP contribution in [0, 0.1) is 0 Å². The Morgan fingerprint density at radius 2 is 1.81 bits per heavy atom. The first kappa shape index (κ1) is 24.0. The van der Waals surface area contributed by atoms with Gasteiger partial charge in [-0.3, -0.25) is 0 Å². The first-order chi connectivity index (χ1) is 14.7. The van der Waals surface area contributed by atoms with Gasteiger partial charge < -0.3 is 34.6 Å². The second-order valence-electron chi connectivity index (χ2n) is 8.01. The molecule has 2 aliphatic heterocycles. The van der Waals surface area contributed by atoms with Crippen LogP contribution in [-0.4, -0.2) is 90.7 Å². The van der Waals surface area contributed by atoms with Crippen molar-refractivity contribution >= 4 is 9.84 Å². The van der Waals surface area contributed by atoms with Crippen LogP contribution in [0.4, 0.5) is 0 Å². The third-order valence-electron chi connectivity index (χ3n) is 5.37. The number of aliphatic hydroxyl groups excluding tert-OH is 4. The van der Waals surface area contributed by atoms with Crippen LogP contribution in [0.25, 0.3) is 0 Å². The molecule has 0 spiro atoms. The zero-order valence-electron chi connectivity index (χ0n) is 17.3. The van der Waals surface area contributed by atoms with Crippen molar-refractivity contribution in [3.05, 3.63) is 41.7 Å². The standard InChI is InChI=1S/C21H30O9S/c1-31(26,27)10-2-9-28-14-5-3-13(4-6-14)11-15-7-8-16(29-15)21-20(25)19(24)18(23)17(12-22)30-21/h3-6,8,15,17-25H,2,7,9-12H2,1H3/t15?,17-,18+,19+,20+,21+/m0/s1. The van der Waals surface area contributed by atoms with Gasteiger partial charge in [-0.1, -0.05) is 12.1 Å². The van der Waals surface area contributed by atoms with Gasteiger partial charge in [0.1, 0.15) is 58.0 Å². The number of sulfone groups is 1.